The van der Waals surface area contributed by atoms with Crippen LogP contribution in [-0.4, -0.2) is 23.1 Å². The number of nitriles is 1. The fourth-order valence-corrected chi connectivity index (χ4v) is 3.55. The molecule has 158 valence electrons. The minimum atomic E-state index is -1.66. The summed E-state index contributed by atoms with van der Waals surface area (Å²) in [5.41, 5.74) is 1.26. The minimum Gasteiger partial charge on any atom is -0.478 e. The number of hydrogen-bond donors (Lipinski definition) is 2. The molecule has 31 heavy (non-hydrogen) atoms. The SMILES string of the molecule is CC(C)CC(C(=O)Nc1ccccc1OC(C#N)C(=O)O)c1cccc2ccccc12. The molecule has 2 unspecified atom stereocenters. The quantitative estimate of drug-likeness (QED) is 0.540. The van der Waals surface area contributed by atoms with Gasteiger partial charge in [0.2, 0.25) is 5.91 Å². The molecule has 0 heterocycles. The number of aliphatic carboxylic acids is 1. The van der Waals surface area contributed by atoms with Crippen LogP contribution in [0.2, 0.25) is 0 Å². The second-order valence-corrected chi connectivity index (χ2v) is 7.70. The predicted octanol–water partition coefficient (Wildman–Crippen LogP) is 4.96. The number of anilines is 1. The number of nitrogens with one attached hydrogen (secondary N) is 1. The number of para-hydroxylation sites is 2. The smallest absolute Gasteiger partial charge is 0.359 e. The van der Waals surface area contributed by atoms with Crippen molar-refractivity contribution in [3.8, 4) is 11.8 Å². The standard InChI is InChI=1S/C25H24N2O4/c1-16(2)14-20(19-11-7-9-17-8-3-4-10-18(17)19)24(28)27-21-12-5-6-13-22(21)31-23(15-26)25(29)30/h3-13,16,20,23H,14H2,1-2H3,(H,27,28)(H,29,30). The monoisotopic (exact) mass is 416 g/mol. The number of rotatable bonds is 8. The Morgan fingerprint density at radius 1 is 1.03 bits per heavy atom. The Bertz CT molecular complexity index is 1130. The van der Waals surface area contributed by atoms with Gasteiger partial charge in [-0.3, -0.25) is 4.79 Å². The van der Waals surface area contributed by atoms with Crippen LogP contribution >= 0.6 is 0 Å². The van der Waals surface area contributed by atoms with E-state index in [0.717, 1.165) is 16.3 Å². The van der Waals surface area contributed by atoms with Gasteiger partial charge in [0.1, 0.15) is 11.8 Å². The van der Waals surface area contributed by atoms with E-state index in [1.807, 2.05) is 42.5 Å². The van der Waals surface area contributed by atoms with Crippen LogP contribution in [0.3, 0.4) is 0 Å². The van der Waals surface area contributed by atoms with Gasteiger partial charge in [-0.25, -0.2) is 4.79 Å². The van der Waals surface area contributed by atoms with Gasteiger partial charge >= 0.3 is 5.97 Å². The first kappa shape index (κ1) is 21.8. The summed E-state index contributed by atoms with van der Waals surface area (Å²) in [5.74, 6) is -1.62. The van der Waals surface area contributed by atoms with E-state index in [1.165, 1.54) is 6.07 Å². The van der Waals surface area contributed by atoms with Gasteiger partial charge < -0.3 is 15.2 Å². The second-order valence-electron chi connectivity index (χ2n) is 7.70. The number of carboxylic acid groups (broad SMARTS) is 1. The predicted molar refractivity (Wildman–Crippen MR) is 119 cm³/mol. The Hall–Kier alpha value is -3.85. The average molecular weight is 416 g/mol. The molecular formula is C25H24N2O4. The van der Waals surface area contributed by atoms with Crippen LogP contribution in [0.25, 0.3) is 10.8 Å². The summed E-state index contributed by atoms with van der Waals surface area (Å²) in [6, 6.07) is 22.0. The van der Waals surface area contributed by atoms with Gasteiger partial charge in [-0.05, 0) is 40.8 Å². The van der Waals surface area contributed by atoms with Crippen LogP contribution in [0.15, 0.2) is 66.7 Å². The molecule has 1 amide bonds. The van der Waals surface area contributed by atoms with Crippen LogP contribution in [-0.2, 0) is 9.59 Å². The molecule has 0 bridgehead atoms. The summed E-state index contributed by atoms with van der Waals surface area (Å²) >= 11 is 0. The van der Waals surface area contributed by atoms with Gasteiger partial charge in [-0.15, -0.1) is 0 Å². The number of fused-ring (bicyclic) bond motifs is 1. The summed E-state index contributed by atoms with van der Waals surface area (Å²) in [7, 11) is 0. The van der Waals surface area contributed by atoms with Crippen molar-refractivity contribution in [2.24, 2.45) is 5.92 Å². The summed E-state index contributed by atoms with van der Waals surface area (Å²) < 4.78 is 5.32. The van der Waals surface area contributed by atoms with E-state index in [2.05, 4.69) is 19.2 Å². The lowest BCUT2D eigenvalue weighted by Gasteiger charge is -2.22. The van der Waals surface area contributed by atoms with E-state index in [9.17, 15) is 9.59 Å². The summed E-state index contributed by atoms with van der Waals surface area (Å²) in [4.78, 5) is 24.6. The average Bonchev–Trinajstić information content (AvgIpc) is 2.76. The summed E-state index contributed by atoms with van der Waals surface area (Å²) in [6.45, 7) is 4.12. The van der Waals surface area contributed by atoms with E-state index in [1.54, 1.807) is 24.3 Å². The third-order valence-corrected chi connectivity index (χ3v) is 4.95. The highest BCUT2D eigenvalue weighted by atomic mass is 16.5. The van der Waals surface area contributed by atoms with Crippen molar-refractivity contribution < 1.29 is 19.4 Å². The third kappa shape index (κ3) is 5.20. The van der Waals surface area contributed by atoms with Crippen molar-refractivity contribution in [2.45, 2.75) is 32.3 Å². The van der Waals surface area contributed by atoms with Crippen LogP contribution in [0.4, 0.5) is 5.69 Å². The maximum atomic E-state index is 13.4. The van der Waals surface area contributed by atoms with E-state index in [-0.39, 0.29) is 17.6 Å². The molecule has 6 heteroatoms. The topological polar surface area (TPSA) is 99.4 Å². The number of carbonyl (C=O) groups is 2. The number of ether oxygens (including phenoxy) is 1. The highest BCUT2D eigenvalue weighted by molar-refractivity contribution is 6.00. The molecule has 2 atom stereocenters. The molecular weight excluding hydrogens is 392 g/mol. The van der Waals surface area contributed by atoms with Crippen LogP contribution in [0.5, 0.6) is 5.75 Å². The molecule has 2 N–H and O–H groups in total. The molecule has 0 aliphatic heterocycles. The number of nitrogens with zero attached hydrogens (tertiary/aromatic N) is 1. The van der Waals surface area contributed by atoms with Crippen molar-refractivity contribution in [1.29, 1.82) is 5.26 Å². The van der Waals surface area contributed by atoms with Crippen molar-refractivity contribution in [3.05, 3.63) is 72.3 Å². The van der Waals surface area contributed by atoms with Crippen LogP contribution < -0.4 is 10.1 Å². The molecule has 0 aliphatic carbocycles. The molecule has 3 aromatic carbocycles. The van der Waals surface area contributed by atoms with Crippen molar-refractivity contribution >= 4 is 28.3 Å². The highest BCUT2D eigenvalue weighted by Crippen LogP contribution is 2.33. The van der Waals surface area contributed by atoms with Crippen molar-refractivity contribution in [2.75, 3.05) is 5.32 Å². The fraction of sp³-hybridized carbons (Fsp3) is 0.240. The number of carboxylic acids is 1. The van der Waals surface area contributed by atoms with E-state index in [0.29, 0.717) is 12.1 Å². The van der Waals surface area contributed by atoms with Gasteiger partial charge in [0, 0.05) is 0 Å². The van der Waals surface area contributed by atoms with Crippen molar-refractivity contribution in [1.82, 2.24) is 0 Å². The third-order valence-electron chi connectivity index (χ3n) is 4.95. The van der Waals surface area contributed by atoms with Gasteiger partial charge in [0.25, 0.3) is 6.10 Å². The molecule has 0 saturated carbocycles. The van der Waals surface area contributed by atoms with Gasteiger partial charge in [-0.1, -0.05) is 68.4 Å². The summed E-state index contributed by atoms with van der Waals surface area (Å²) in [5, 5.41) is 23.1. The molecule has 0 aromatic heterocycles. The molecule has 0 fully saturated rings. The number of benzene rings is 3. The maximum absolute atomic E-state index is 13.4. The highest BCUT2D eigenvalue weighted by Gasteiger charge is 2.25. The number of amides is 1. The lowest BCUT2D eigenvalue weighted by molar-refractivity contribution is -0.142. The zero-order chi connectivity index (χ0) is 22.4. The lowest BCUT2D eigenvalue weighted by atomic mass is 9.86. The van der Waals surface area contributed by atoms with E-state index >= 15 is 0 Å². The molecule has 3 rings (SSSR count). The largest absolute Gasteiger partial charge is 0.478 e. The van der Waals surface area contributed by atoms with Gasteiger partial charge in [0.15, 0.2) is 0 Å². The Kier molecular flexibility index (Phi) is 6.88. The second kappa shape index (κ2) is 9.77. The number of carbonyl (C=O) groups excluding carboxylic acids is 1. The normalized spacial score (nSPS) is 12.7. The van der Waals surface area contributed by atoms with Crippen LogP contribution in [0.1, 0.15) is 31.7 Å². The first-order valence-electron chi connectivity index (χ1n) is 10.1. The van der Waals surface area contributed by atoms with Crippen molar-refractivity contribution in [3.63, 3.8) is 0 Å². The minimum absolute atomic E-state index is 0.131. The zero-order valence-electron chi connectivity index (χ0n) is 17.4. The molecule has 0 radical (unpaired) electrons. The summed E-state index contributed by atoms with van der Waals surface area (Å²) in [6.07, 6.45) is -1.03. The molecule has 0 spiro atoms. The maximum Gasteiger partial charge on any atom is 0.359 e. The zero-order valence-corrected chi connectivity index (χ0v) is 17.4. The molecule has 6 nitrogen and oxygen atoms in total. The first-order valence-corrected chi connectivity index (χ1v) is 10.1. The van der Waals surface area contributed by atoms with E-state index < -0.39 is 18.0 Å². The Morgan fingerprint density at radius 2 is 1.71 bits per heavy atom. The first-order chi connectivity index (χ1) is 14.9. The Balaban J connectivity index is 1.94. The van der Waals surface area contributed by atoms with Crippen LogP contribution in [0, 0.1) is 17.2 Å². The number of hydrogen-bond acceptors (Lipinski definition) is 4. The fourth-order valence-electron chi connectivity index (χ4n) is 3.55. The Morgan fingerprint density at radius 3 is 2.42 bits per heavy atom. The lowest BCUT2D eigenvalue weighted by Crippen LogP contribution is -2.26. The molecule has 3 aromatic rings. The molecule has 0 saturated heterocycles. The Labute approximate surface area is 181 Å². The molecule has 0 aliphatic rings. The van der Waals surface area contributed by atoms with Gasteiger partial charge in [-0.2, -0.15) is 5.26 Å². The van der Waals surface area contributed by atoms with E-state index in [4.69, 9.17) is 15.1 Å². The van der Waals surface area contributed by atoms with Gasteiger partial charge in [0.05, 0.1) is 11.6 Å².